The van der Waals surface area contributed by atoms with Crippen molar-refractivity contribution in [2.24, 2.45) is 5.10 Å². The number of nitrogen functional groups attached to an aromatic ring is 1. The van der Waals surface area contributed by atoms with Crippen LogP contribution in [0.5, 0.6) is 5.75 Å². The number of aromatic nitrogens is 5. The second-order valence-corrected chi connectivity index (χ2v) is 7.65. The van der Waals surface area contributed by atoms with Crippen molar-refractivity contribution in [2.45, 2.75) is 26.4 Å². The molecule has 1 amide bonds. The third-order valence-corrected chi connectivity index (χ3v) is 5.24. The van der Waals surface area contributed by atoms with Gasteiger partial charge in [0.15, 0.2) is 5.69 Å². The molecule has 4 aromatic rings. The Morgan fingerprint density at radius 1 is 1.29 bits per heavy atom. The number of rotatable bonds is 9. The van der Waals surface area contributed by atoms with E-state index in [-0.39, 0.29) is 34.5 Å². The normalized spacial score (nSPS) is 11.2. The molecule has 0 unspecified atom stereocenters. The molecule has 0 saturated carbocycles. The van der Waals surface area contributed by atoms with E-state index in [0.717, 1.165) is 0 Å². The number of carbonyl (C=O) groups excluding carboxylic acids is 1. The Kier molecular flexibility index (Phi) is 7.31. The van der Waals surface area contributed by atoms with Gasteiger partial charge in [-0.1, -0.05) is 48.4 Å². The quantitative estimate of drug-likeness (QED) is 0.264. The Labute approximate surface area is 203 Å². The Morgan fingerprint density at radius 3 is 2.86 bits per heavy atom. The van der Waals surface area contributed by atoms with Crippen LogP contribution in [0.1, 0.15) is 40.7 Å². The summed E-state index contributed by atoms with van der Waals surface area (Å²) in [4.78, 5) is 12.7. The first-order valence-electron chi connectivity index (χ1n) is 10.5. The number of nitrogens with two attached hydrogens (primary N) is 1. The lowest BCUT2D eigenvalue weighted by molar-refractivity contribution is 0.0949. The van der Waals surface area contributed by atoms with Crippen molar-refractivity contribution in [1.29, 1.82) is 0 Å². The van der Waals surface area contributed by atoms with Gasteiger partial charge in [0.2, 0.25) is 11.6 Å². The maximum Gasteiger partial charge on any atom is 0.293 e. The highest BCUT2D eigenvalue weighted by Crippen LogP contribution is 2.23. The molecule has 0 aliphatic carbocycles. The van der Waals surface area contributed by atoms with Gasteiger partial charge in [-0.25, -0.2) is 14.4 Å². The zero-order valence-corrected chi connectivity index (χ0v) is 19.2. The summed E-state index contributed by atoms with van der Waals surface area (Å²) < 4.78 is 25.7. The second kappa shape index (κ2) is 10.7. The summed E-state index contributed by atoms with van der Waals surface area (Å²) in [5.74, 6) is -0.455. The van der Waals surface area contributed by atoms with Crippen LogP contribution in [0.15, 0.2) is 52.2 Å². The van der Waals surface area contributed by atoms with E-state index in [1.807, 2.05) is 6.92 Å². The molecular weight excluding hydrogens is 479 g/mol. The third-order valence-electron chi connectivity index (χ3n) is 4.88. The number of nitrogens with one attached hydrogen (secondary N) is 1. The monoisotopic (exact) mass is 498 g/mol. The van der Waals surface area contributed by atoms with E-state index in [9.17, 15) is 9.18 Å². The smallest absolute Gasteiger partial charge is 0.293 e. The summed E-state index contributed by atoms with van der Waals surface area (Å²) >= 11 is 6.06. The standard InChI is InChI=1S/C22H20ClFN8O3/c1-2-6-17-19(27-31-32(17)21-20(25)29-35-30-21)22(33)28-26-11-13-7-3-4-10-18(13)34-12-14-15(23)8-5-9-16(14)24/h3-5,7-11H,2,6,12H2,1H3,(H2,25,29)(H,28,33)/b26-11-. The van der Waals surface area contributed by atoms with E-state index in [1.54, 1.807) is 30.3 Å². The molecule has 180 valence electrons. The lowest BCUT2D eigenvalue weighted by atomic mass is 10.2. The molecule has 2 aromatic carbocycles. The largest absolute Gasteiger partial charge is 0.488 e. The zero-order chi connectivity index (χ0) is 24.8. The Balaban J connectivity index is 1.48. The fraction of sp³-hybridized carbons (Fsp3) is 0.182. The number of hydrogen-bond donors (Lipinski definition) is 2. The Morgan fingerprint density at radius 2 is 2.11 bits per heavy atom. The first kappa shape index (κ1) is 23.8. The summed E-state index contributed by atoms with van der Waals surface area (Å²) in [5.41, 5.74) is 9.50. The van der Waals surface area contributed by atoms with Crippen LogP contribution in [-0.4, -0.2) is 37.4 Å². The minimum atomic E-state index is -0.581. The minimum absolute atomic E-state index is 0.0190. The van der Waals surface area contributed by atoms with Gasteiger partial charge in [-0.05, 0) is 41.0 Å². The molecule has 0 fully saturated rings. The number of carbonyl (C=O) groups is 1. The minimum Gasteiger partial charge on any atom is -0.488 e. The van der Waals surface area contributed by atoms with Crippen LogP contribution >= 0.6 is 11.6 Å². The summed E-state index contributed by atoms with van der Waals surface area (Å²) in [6, 6.07) is 11.4. The highest BCUT2D eigenvalue weighted by Gasteiger charge is 2.23. The molecule has 2 aromatic heterocycles. The molecule has 3 N–H and O–H groups in total. The molecule has 35 heavy (non-hydrogen) atoms. The summed E-state index contributed by atoms with van der Waals surface area (Å²) in [7, 11) is 0. The maximum atomic E-state index is 14.0. The van der Waals surface area contributed by atoms with Gasteiger partial charge in [-0.2, -0.15) is 9.78 Å². The fourth-order valence-electron chi connectivity index (χ4n) is 3.20. The lowest BCUT2D eigenvalue weighted by Gasteiger charge is -2.10. The highest BCUT2D eigenvalue weighted by atomic mass is 35.5. The van der Waals surface area contributed by atoms with Crippen molar-refractivity contribution in [2.75, 3.05) is 5.73 Å². The van der Waals surface area contributed by atoms with E-state index in [0.29, 0.717) is 29.8 Å². The van der Waals surface area contributed by atoms with Crippen molar-refractivity contribution in [3.8, 4) is 11.6 Å². The SMILES string of the molecule is CCCc1c(C(=O)N/N=C\c2ccccc2OCc2c(F)cccc2Cl)nnn1-c1nonc1N. The topological polar surface area (TPSA) is 146 Å². The van der Waals surface area contributed by atoms with E-state index < -0.39 is 11.7 Å². The van der Waals surface area contributed by atoms with Crippen LogP contribution in [0.3, 0.4) is 0 Å². The van der Waals surface area contributed by atoms with Crippen LogP contribution in [0, 0.1) is 5.82 Å². The van der Waals surface area contributed by atoms with Gasteiger partial charge in [-0.15, -0.1) is 5.10 Å². The number of benzene rings is 2. The molecule has 0 bridgehead atoms. The van der Waals surface area contributed by atoms with Crippen LogP contribution < -0.4 is 15.9 Å². The summed E-state index contributed by atoms with van der Waals surface area (Å²) in [6.45, 7) is 1.86. The third kappa shape index (κ3) is 5.27. The summed E-state index contributed by atoms with van der Waals surface area (Å²) in [6.07, 6.45) is 2.58. The van der Waals surface area contributed by atoms with Crippen LogP contribution in [0.25, 0.3) is 5.82 Å². The van der Waals surface area contributed by atoms with Gasteiger partial charge >= 0.3 is 0 Å². The number of hydrazone groups is 1. The molecule has 13 heteroatoms. The van der Waals surface area contributed by atoms with Crippen LogP contribution in [0.4, 0.5) is 10.2 Å². The molecule has 0 saturated heterocycles. The van der Waals surface area contributed by atoms with Crippen molar-refractivity contribution in [3.63, 3.8) is 0 Å². The molecule has 0 aliphatic heterocycles. The van der Waals surface area contributed by atoms with Gasteiger partial charge in [0.1, 0.15) is 18.2 Å². The number of nitrogens with zero attached hydrogens (tertiary/aromatic N) is 6. The number of hydrogen-bond acceptors (Lipinski definition) is 9. The van der Waals surface area contributed by atoms with E-state index in [2.05, 4.69) is 35.8 Å². The summed E-state index contributed by atoms with van der Waals surface area (Å²) in [5, 5.41) is 19.4. The molecule has 0 spiro atoms. The number of para-hydroxylation sites is 1. The molecule has 4 rings (SSSR count). The van der Waals surface area contributed by atoms with Crippen molar-refractivity contribution >= 4 is 29.5 Å². The predicted octanol–water partition coefficient (Wildman–Crippen LogP) is 3.32. The first-order chi connectivity index (χ1) is 17.0. The Bertz CT molecular complexity index is 1350. The lowest BCUT2D eigenvalue weighted by Crippen LogP contribution is -2.20. The van der Waals surface area contributed by atoms with Gasteiger partial charge in [0, 0.05) is 11.1 Å². The van der Waals surface area contributed by atoms with Crippen molar-refractivity contribution < 1.29 is 18.6 Å². The zero-order valence-electron chi connectivity index (χ0n) is 18.5. The van der Waals surface area contributed by atoms with Gasteiger partial charge < -0.3 is 10.5 Å². The van der Waals surface area contributed by atoms with E-state index in [4.69, 9.17) is 22.1 Å². The van der Waals surface area contributed by atoms with Crippen molar-refractivity contribution in [3.05, 3.63) is 75.8 Å². The Hall–Kier alpha value is -4.32. The maximum absolute atomic E-state index is 14.0. The highest BCUT2D eigenvalue weighted by molar-refractivity contribution is 6.31. The average molecular weight is 499 g/mol. The van der Waals surface area contributed by atoms with E-state index >= 15 is 0 Å². The van der Waals surface area contributed by atoms with Crippen molar-refractivity contribution in [1.82, 2.24) is 30.7 Å². The average Bonchev–Trinajstić information content (AvgIpc) is 3.45. The molecule has 2 heterocycles. The van der Waals surface area contributed by atoms with E-state index in [1.165, 1.54) is 23.0 Å². The molecule has 0 atom stereocenters. The molecule has 0 aliphatic rings. The number of ether oxygens (including phenoxy) is 1. The number of halogens is 2. The van der Waals surface area contributed by atoms with Gasteiger partial charge in [0.25, 0.3) is 5.91 Å². The molecule has 11 nitrogen and oxygen atoms in total. The van der Waals surface area contributed by atoms with Gasteiger partial charge in [-0.3, -0.25) is 4.79 Å². The fourth-order valence-corrected chi connectivity index (χ4v) is 3.42. The predicted molar refractivity (Wildman–Crippen MR) is 125 cm³/mol. The second-order valence-electron chi connectivity index (χ2n) is 7.25. The van der Waals surface area contributed by atoms with Crippen LogP contribution in [0.2, 0.25) is 5.02 Å². The van der Waals surface area contributed by atoms with Crippen LogP contribution in [-0.2, 0) is 13.0 Å². The first-order valence-corrected chi connectivity index (χ1v) is 10.9. The molecular formula is C22H20ClFN8O3. The van der Waals surface area contributed by atoms with Gasteiger partial charge in [0.05, 0.1) is 16.9 Å². The molecule has 0 radical (unpaired) electrons. The number of anilines is 1. The number of amides is 1.